The number of phenolic OH excluding ortho intramolecular Hbond substituents is 1. The predicted molar refractivity (Wildman–Crippen MR) is 87.7 cm³/mol. The maximum atomic E-state index is 12.4. The molecule has 7 heteroatoms. The lowest BCUT2D eigenvalue weighted by Crippen LogP contribution is -2.53. The zero-order valence-corrected chi connectivity index (χ0v) is 14.0. The quantitative estimate of drug-likeness (QED) is 0.644. The average Bonchev–Trinajstić information content (AvgIpc) is 2.54. The van der Waals surface area contributed by atoms with Gasteiger partial charge in [-0.25, -0.2) is 0 Å². The number of carbonyl (C=O) groups excluding carboxylic acids is 4. The van der Waals surface area contributed by atoms with E-state index in [2.05, 4.69) is 19.2 Å². The van der Waals surface area contributed by atoms with Crippen LogP contribution in [0.5, 0.6) is 5.75 Å². The Morgan fingerprint density at radius 2 is 2.00 bits per heavy atom. The van der Waals surface area contributed by atoms with Gasteiger partial charge in [-0.1, -0.05) is 20.3 Å². The first kappa shape index (κ1) is 19.3. The molecule has 0 aliphatic carbocycles. The summed E-state index contributed by atoms with van der Waals surface area (Å²) in [7, 11) is 1.43. The van der Waals surface area contributed by atoms with Gasteiger partial charge in [0.1, 0.15) is 11.8 Å². The van der Waals surface area contributed by atoms with E-state index in [0.29, 0.717) is 6.29 Å². The molecule has 1 unspecified atom stereocenters. The number of imide groups is 1. The van der Waals surface area contributed by atoms with Crippen molar-refractivity contribution < 1.29 is 24.3 Å². The number of hydrogen-bond donors (Lipinski definition) is 2. The minimum absolute atomic E-state index is 0.0409. The Balaban J connectivity index is 0.000000891. The summed E-state index contributed by atoms with van der Waals surface area (Å²) < 4.78 is 0. The molecule has 0 spiro atoms. The van der Waals surface area contributed by atoms with Gasteiger partial charge in [0.05, 0.1) is 5.56 Å². The molecule has 1 heterocycles. The fraction of sp³-hybridized carbons (Fsp3) is 0.412. The number of piperidine rings is 1. The summed E-state index contributed by atoms with van der Waals surface area (Å²) in [4.78, 5) is 47.4. The SMILES string of the molecule is CCC.CN(C(=O)c1ccc(O)cc1C=O)C1CCC(=O)NC1=O. The van der Waals surface area contributed by atoms with Crippen molar-refractivity contribution in [2.45, 2.75) is 39.2 Å². The van der Waals surface area contributed by atoms with Crippen LogP contribution in [-0.4, -0.2) is 47.1 Å². The molecule has 1 saturated heterocycles. The summed E-state index contributed by atoms with van der Waals surface area (Å²) >= 11 is 0. The van der Waals surface area contributed by atoms with Crippen molar-refractivity contribution in [2.24, 2.45) is 0 Å². The van der Waals surface area contributed by atoms with Crippen LogP contribution in [0.15, 0.2) is 18.2 Å². The van der Waals surface area contributed by atoms with E-state index in [-0.39, 0.29) is 35.6 Å². The molecule has 24 heavy (non-hydrogen) atoms. The highest BCUT2D eigenvalue weighted by atomic mass is 16.3. The molecule has 1 aliphatic heterocycles. The Morgan fingerprint density at radius 3 is 2.54 bits per heavy atom. The standard InChI is InChI=1S/C14H14N2O5.C3H8/c1-16(11-4-5-12(19)15-13(11)20)14(21)10-3-2-9(18)6-8(10)7-17;1-3-2/h2-3,6-7,11,18H,4-5H2,1H3,(H,15,19,20);3H2,1-2H3. The van der Waals surface area contributed by atoms with E-state index in [4.69, 9.17) is 0 Å². The Hall–Kier alpha value is -2.70. The summed E-state index contributed by atoms with van der Waals surface area (Å²) in [5.41, 5.74) is 0.133. The van der Waals surface area contributed by atoms with E-state index >= 15 is 0 Å². The van der Waals surface area contributed by atoms with Crippen LogP contribution >= 0.6 is 0 Å². The molecule has 0 radical (unpaired) electrons. The van der Waals surface area contributed by atoms with E-state index in [1.807, 2.05) is 0 Å². The molecule has 1 aromatic carbocycles. The number of nitrogens with one attached hydrogen (secondary N) is 1. The molecule has 0 aromatic heterocycles. The zero-order chi connectivity index (χ0) is 18.3. The van der Waals surface area contributed by atoms with Gasteiger partial charge in [-0.3, -0.25) is 24.5 Å². The molecular weight excluding hydrogens is 312 g/mol. The summed E-state index contributed by atoms with van der Waals surface area (Å²) in [6.07, 6.45) is 2.11. The second-order valence-corrected chi connectivity index (χ2v) is 5.48. The first-order valence-electron chi connectivity index (χ1n) is 7.74. The Labute approximate surface area is 140 Å². The number of phenols is 1. The summed E-state index contributed by atoms with van der Waals surface area (Å²) in [6, 6.07) is 3.03. The fourth-order valence-electron chi connectivity index (χ4n) is 2.23. The van der Waals surface area contributed by atoms with Crippen LogP contribution in [-0.2, 0) is 9.59 Å². The molecule has 2 rings (SSSR count). The minimum atomic E-state index is -0.761. The number of amides is 3. The van der Waals surface area contributed by atoms with Crippen molar-refractivity contribution in [3.05, 3.63) is 29.3 Å². The summed E-state index contributed by atoms with van der Waals surface area (Å²) in [5, 5.41) is 11.5. The molecular formula is C17H22N2O5. The van der Waals surface area contributed by atoms with Crippen molar-refractivity contribution in [1.82, 2.24) is 10.2 Å². The molecule has 0 bridgehead atoms. The van der Waals surface area contributed by atoms with Crippen LogP contribution in [0.25, 0.3) is 0 Å². The van der Waals surface area contributed by atoms with E-state index in [9.17, 15) is 24.3 Å². The Bertz CT molecular complexity index is 642. The molecule has 130 valence electrons. The lowest BCUT2D eigenvalue weighted by atomic mass is 10.0. The van der Waals surface area contributed by atoms with Crippen molar-refractivity contribution in [2.75, 3.05) is 7.05 Å². The fourth-order valence-corrected chi connectivity index (χ4v) is 2.23. The molecule has 1 fully saturated rings. The topological polar surface area (TPSA) is 104 Å². The first-order valence-corrected chi connectivity index (χ1v) is 7.74. The number of carbonyl (C=O) groups is 4. The number of benzene rings is 1. The average molecular weight is 334 g/mol. The maximum Gasteiger partial charge on any atom is 0.255 e. The molecule has 1 atom stereocenters. The number of likely N-dealkylation sites (N-methyl/N-ethyl adjacent to an activating group) is 1. The van der Waals surface area contributed by atoms with Gasteiger partial charge in [-0.15, -0.1) is 0 Å². The molecule has 1 aromatic rings. The second kappa shape index (κ2) is 8.81. The zero-order valence-electron chi connectivity index (χ0n) is 14.0. The Morgan fingerprint density at radius 1 is 1.38 bits per heavy atom. The van der Waals surface area contributed by atoms with Gasteiger partial charge in [0.25, 0.3) is 5.91 Å². The van der Waals surface area contributed by atoms with Crippen LogP contribution in [0, 0.1) is 0 Å². The summed E-state index contributed by atoms with van der Waals surface area (Å²) in [5.74, 6) is -1.55. The van der Waals surface area contributed by atoms with Gasteiger partial charge in [0, 0.05) is 19.0 Å². The van der Waals surface area contributed by atoms with Gasteiger partial charge in [-0.05, 0) is 24.6 Å². The molecule has 3 amide bonds. The van der Waals surface area contributed by atoms with Crippen LogP contribution in [0.3, 0.4) is 0 Å². The third-order valence-electron chi connectivity index (χ3n) is 3.39. The number of nitrogens with zero attached hydrogens (tertiary/aromatic N) is 1. The lowest BCUT2D eigenvalue weighted by molar-refractivity contribution is -0.136. The molecule has 1 aliphatic rings. The van der Waals surface area contributed by atoms with Gasteiger partial charge in [0.2, 0.25) is 11.8 Å². The van der Waals surface area contributed by atoms with Crippen LogP contribution in [0.1, 0.15) is 53.8 Å². The van der Waals surface area contributed by atoms with Crippen LogP contribution in [0.4, 0.5) is 0 Å². The molecule has 7 nitrogen and oxygen atoms in total. The smallest absolute Gasteiger partial charge is 0.255 e. The monoisotopic (exact) mass is 334 g/mol. The first-order chi connectivity index (χ1) is 11.3. The minimum Gasteiger partial charge on any atom is -0.508 e. The van der Waals surface area contributed by atoms with E-state index in [1.165, 1.54) is 36.6 Å². The van der Waals surface area contributed by atoms with Gasteiger partial charge < -0.3 is 10.0 Å². The predicted octanol–water partition coefficient (Wildman–Crippen LogP) is 1.50. The highest BCUT2D eigenvalue weighted by Crippen LogP contribution is 2.19. The largest absolute Gasteiger partial charge is 0.508 e. The van der Waals surface area contributed by atoms with Crippen molar-refractivity contribution >= 4 is 24.0 Å². The van der Waals surface area contributed by atoms with Gasteiger partial charge >= 0.3 is 0 Å². The third kappa shape index (κ3) is 4.65. The van der Waals surface area contributed by atoms with Gasteiger partial charge in [0.15, 0.2) is 6.29 Å². The van der Waals surface area contributed by atoms with Gasteiger partial charge in [-0.2, -0.15) is 0 Å². The highest BCUT2D eigenvalue weighted by molar-refractivity contribution is 6.06. The molecule has 0 saturated carbocycles. The van der Waals surface area contributed by atoms with E-state index in [0.717, 1.165) is 0 Å². The molecule has 2 N–H and O–H groups in total. The lowest BCUT2D eigenvalue weighted by Gasteiger charge is -2.30. The van der Waals surface area contributed by atoms with Crippen LogP contribution < -0.4 is 5.32 Å². The highest BCUT2D eigenvalue weighted by Gasteiger charge is 2.33. The maximum absolute atomic E-state index is 12.4. The van der Waals surface area contributed by atoms with Crippen molar-refractivity contribution in [3.63, 3.8) is 0 Å². The van der Waals surface area contributed by atoms with Crippen molar-refractivity contribution in [1.29, 1.82) is 0 Å². The van der Waals surface area contributed by atoms with E-state index in [1.54, 1.807) is 0 Å². The number of aromatic hydroxyl groups is 1. The normalized spacial score (nSPS) is 16.5. The van der Waals surface area contributed by atoms with Crippen LogP contribution in [0.2, 0.25) is 0 Å². The second-order valence-electron chi connectivity index (χ2n) is 5.48. The number of rotatable bonds is 3. The van der Waals surface area contributed by atoms with Crippen molar-refractivity contribution in [3.8, 4) is 5.75 Å². The Kier molecular flexibility index (Phi) is 7.10. The number of aldehydes is 1. The van der Waals surface area contributed by atoms with E-state index < -0.39 is 17.9 Å². The third-order valence-corrected chi connectivity index (χ3v) is 3.39. The summed E-state index contributed by atoms with van der Waals surface area (Å²) in [6.45, 7) is 4.25. The number of hydrogen-bond acceptors (Lipinski definition) is 5.